The second-order valence-electron chi connectivity index (χ2n) is 5.49. The highest BCUT2D eigenvalue weighted by Gasteiger charge is 2.69. The van der Waals surface area contributed by atoms with E-state index in [1.165, 1.54) is 24.8 Å². The van der Waals surface area contributed by atoms with Crippen molar-refractivity contribution in [1.82, 2.24) is 0 Å². The van der Waals surface area contributed by atoms with Crippen molar-refractivity contribution in [2.75, 3.05) is 6.61 Å². The van der Waals surface area contributed by atoms with Gasteiger partial charge in [-0.3, -0.25) is 4.79 Å². The fourth-order valence-electron chi connectivity index (χ4n) is 3.96. The van der Waals surface area contributed by atoms with Gasteiger partial charge in [0.25, 0.3) is 0 Å². The second-order valence-corrected chi connectivity index (χ2v) is 5.49. The lowest BCUT2D eigenvalue weighted by Crippen LogP contribution is -2.18. The Morgan fingerprint density at radius 1 is 1.33 bits per heavy atom. The zero-order valence-corrected chi connectivity index (χ0v) is 10.9. The Labute approximate surface area is 108 Å². The van der Waals surface area contributed by atoms with Gasteiger partial charge in [0.15, 0.2) is 0 Å². The van der Waals surface area contributed by atoms with E-state index in [1.807, 2.05) is 13.0 Å². The Kier molecular flexibility index (Phi) is 2.89. The molecule has 3 rings (SSSR count). The molecular weight excluding hydrogens is 224 g/mol. The summed E-state index contributed by atoms with van der Waals surface area (Å²) >= 11 is 0. The fourth-order valence-corrected chi connectivity index (χ4v) is 3.96. The molecule has 2 nitrogen and oxygen atoms in total. The molecule has 0 N–H and O–H groups in total. The summed E-state index contributed by atoms with van der Waals surface area (Å²) in [4.78, 5) is 12.1. The molecule has 2 fully saturated rings. The largest absolute Gasteiger partial charge is 0.466 e. The standard InChI is InChI=1S/C16H20O2/c1-2-18-15(17)14-13-10-6-7-11-16(13,14)12-8-4-3-5-9-12/h3-5,8-9,13-14H,2,6-7,10-11H2,1H3/t13-,14-,16-/m0/s1. The Balaban J connectivity index is 1.91. The minimum absolute atomic E-state index is 0.0215. The molecule has 0 bridgehead atoms. The first-order valence-corrected chi connectivity index (χ1v) is 7.03. The Morgan fingerprint density at radius 2 is 2.11 bits per heavy atom. The number of rotatable bonds is 3. The van der Waals surface area contributed by atoms with E-state index >= 15 is 0 Å². The van der Waals surface area contributed by atoms with Gasteiger partial charge in [0.2, 0.25) is 0 Å². The van der Waals surface area contributed by atoms with Crippen molar-refractivity contribution in [2.24, 2.45) is 11.8 Å². The van der Waals surface area contributed by atoms with E-state index in [0.29, 0.717) is 12.5 Å². The lowest BCUT2D eigenvalue weighted by atomic mass is 9.82. The molecule has 0 saturated heterocycles. The monoisotopic (exact) mass is 244 g/mol. The van der Waals surface area contributed by atoms with Gasteiger partial charge >= 0.3 is 5.97 Å². The van der Waals surface area contributed by atoms with Gasteiger partial charge in [0, 0.05) is 5.41 Å². The molecule has 0 radical (unpaired) electrons. The van der Waals surface area contributed by atoms with Crippen LogP contribution in [0.3, 0.4) is 0 Å². The number of esters is 1. The molecule has 2 aliphatic rings. The predicted molar refractivity (Wildman–Crippen MR) is 70.2 cm³/mol. The van der Waals surface area contributed by atoms with Crippen LogP contribution in [0.4, 0.5) is 0 Å². The number of hydrogen-bond donors (Lipinski definition) is 0. The number of benzene rings is 1. The molecule has 2 saturated carbocycles. The molecule has 18 heavy (non-hydrogen) atoms. The Bertz CT molecular complexity index is 440. The van der Waals surface area contributed by atoms with E-state index in [0.717, 1.165) is 6.42 Å². The summed E-state index contributed by atoms with van der Waals surface area (Å²) < 4.78 is 5.27. The van der Waals surface area contributed by atoms with Gasteiger partial charge < -0.3 is 4.74 Å². The Morgan fingerprint density at radius 3 is 2.83 bits per heavy atom. The van der Waals surface area contributed by atoms with Gasteiger partial charge in [-0.05, 0) is 31.2 Å². The first-order valence-electron chi connectivity index (χ1n) is 7.03. The second kappa shape index (κ2) is 4.42. The van der Waals surface area contributed by atoms with Crippen LogP contribution in [0.5, 0.6) is 0 Å². The van der Waals surface area contributed by atoms with Crippen molar-refractivity contribution in [3.05, 3.63) is 35.9 Å². The lowest BCUT2D eigenvalue weighted by molar-refractivity contribution is -0.145. The van der Waals surface area contributed by atoms with Crippen molar-refractivity contribution < 1.29 is 9.53 Å². The molecule has 0 heterocycles. The van der Waals surface area contributed by atoms with Gasteiger partial charge in [-0.2, -0.15) is 0 Å². The van der Waals surface area contributed by atoms with Crippen LogP contribution >= 0.6 is 0 Å². The number of fused-ring (bicyclic) bond motifs is 1. The topological polar surface area (TPSA) is 26.3 Å². The zero-order chi connectivity index (χ0) is 12.6. The average Bonchev–Trinajstić information content (AvgIpc) is 3.10. The maximum atomic E-state index is 12.1. The van der Waals surface area contributed by atoms with Crippen molar-refractivity contribution in [1.29, 1.82) is 0 Å². The molecule has 1 aromatic rings. The molecule has 0 unspecified atom stereocenters. The molecule has 2 aliphatic carbocycles. The van der Waals surface area contributed by atoms with Gasteiger partial charge in [-0.15, -0.1) is 0 Å². The van der Waals surface area contributed by atoms with Gasteiger partial charge in [0.1, 0.15) is 0 Å². The highest BCUT2D eigenvalue weighted by Crippen LogP contribution is 2.67. The molecular formula is C16H20O2. The quantitative estimate of drug-likeness (QED) is 0.762. The fraction of sp³-hybridized carbons (Fsp3) is 0.562. The predicted octanol–water partition coefficient (Wildman–Crippen LogP) is 3.31. The van der Waals surface area contributed by atoms with E-state index < -0.39 is 0 Å². The summed E-state index contributed by atoms with van der Waals surface area (Å²) in [5.74, 6) is 0.656. The van der Waals surface area contributed by atoms with Crippen LogP contribution in [0.1, 0.15) is 38.2 Å². The van der Waals surface area contributed by atoms with E-state index in [-0.39, 0.29) is 17.3 Å². The SMILES string of the molecule is CCOC(=O)[C@@H]1[C@@H]2CCCC[C@@]12c1ccccc1. The summed E-state index contributed by atoms with van der Waals surface area (Å²) in [7, 11) is 0. The van der Waals surface area contributed by atoms with Crippen LogP contribution in [0.25, 0.3) is 0 Å². The van der Waals surface area contributed by atoms with Crippen LogP contribution < -0.4 is 0 Å². The van der Waals surface area contributed by atoms with E-state index in [1.54, 1.807) is 0 Å². The van der Waals surface area contributed by atoms with Crippen molar-refractivity contribution in [3.8, 4) is 0 Å². The van der Waals surface area contributed by atoms with Crippen LogP contribution in [-0.2, 0) is 14.9 Å². The van der Waals surface area contributed by atoms with E-state index in [2.05, 4.69) is 24.3 Å². The van der Waals surface area contributed by atoms with E-state index in [9.17, 15) is 4.79 Å². The molecule has 1 aromatic carbocycles. The third-order valence-electron chi connectivity index (χ3n) is 4.72. The number of ether oxygens (including phenoxy) is 1. The molecule has 0 amide bonds. The van der Waals surface area contributed by atoms with Gasteiger partial charge in [-0.25, -0.2) is 0 Å². The summed E-state index contributed by atoms with van der Waals surface area (Å²) in [6, 6.07) is 10.6. The number of carbonyl (C=O) groups is 1. The van der Waals surface area contributed by atoms with Crippen LogP contribution in [-0.4, -0.2) is 12.6 Å². The average molecular weight is 244 g/mol. The van der Waals surface area contributed by atoms with Crippen molar-refractivity contribution in [3.63, 3.8) is 0 Å². The van der Waals surface area contributed by atoms with Gasteiger partial charge in [-0.1, -0.05) is 43.2 Å². The van der Waals surface area contributed by atoms with Gasteiger partial charge in [0.05, 0.1) is 12.5 Å². The molecule has 2 heteroatoms. The zero-order valence-electron chi connectivity index (χ0n) is 10.9. The first kappa shape index (κ1) is 11.8. The molecule has 96 valence electrons. The molecule has 0 aromatic heterocycles. The summed E-state index contributed by atoms with van der Waals surface area (Å²) in [6.07, 6.45) is 4.82. The van der Waals surface area contributed by atoms with Crippen LogP contribution in [0, 0.1) is 11.8 Å². The smallest absolute Gasteiger partial charge is 0.310 e. The first-order chi connectivity index (χ1) is 8.80. The maximum absolute atomic E-state index is 12.1. The molecule has 3 atom stereocenters. The van der Waals surface area contributed by atoms with E-state index in [4.69, 9.17) is 4.74 Å². The highest BCUT2D eigenvalue weighted by molar-refractivity contribution is 5.80. The number of carbonyl (C=O) groups excluding carboxylic acids is 1. The summed E-state index contributed by atoms with van der Waals surface area (Å²) in [5, 5.41) is 0. The summed E-state index contributed by atoms with van der Waals surface area (Å²) in [6.45, 7) is 2.38. The van der Waals surface area contributed by atoms with Crippen LogP contribution in [0.15, 0.2) is 30.3 Å². The minimum Gasteiger partial charge on any atom is -0.466 e. The summed E-state index contributed by atoms with van der Waals surface area (Å²) in [5.41, 5.74) is 1.44. The Hall–Kier alpha value is -1.31. The molecule has 0 spiro atoms. The minimum atomic E-state index is 0.0215. The highest BCUT2D eigenvalue weighted by atomic mass is 16.5. The number of hydrogen-bond acceptors (Lipinski definition) is 2. The maximum Gasteiger partial charge on any atom is 0.310 e. The lowest BCUT2D eigenvalue weighted by Gasteiger charge is -2.22. The third kappa shape index (κ3) is 1.58. The van der Waals surface area contributed by atoms with Crippen molar-refractivity contribution >= 4 is 5.97 Å². The normalized spacial score (nSPS) is 33.6. The van der Waals surface area contributed by atoms with Crippen LogP contribution in [0.2, 0.25) is 0 Å². The third-order valence-corrected chi connectivity index (χ3v) is 4.72. The molecule has 0 aliphatic heterocycles. The van der Waals surface area contributed by atoms with Crippen molar-refractivity contribution in [2.45, 2.75) is 38.0 Å².